The SMILES string of the molecule is COCC1CCN(S(=O)(=O)N2C[C@@H](C)[C@@](C)(O)C2)CC1. The molecular weight excluding hydrogens is 280 g/mol. The van der Waals surface area contributed by atoms with Crippen molar-refractivity contribution in [1.82, 2.24) is 8.61 Å². The molecule has 1 N–H and O–H groups in total. The molecule has 2 aliphatic rings. The molecule has 0 radical (unpaired) electrons. The normalized spacial score (nSPS) is 34.7. The van der Waals surface area contributed by atoms with E-state index in [1.165, 1.54) is 4.31 Å². The van der Waals surface area contributed by atoms with Crippen molar-refractivity contribution in [2.24, 2.45) is 11.8 Å². The van der Waals surface area contributed by atoms with Crippen LogP contribution in [0.4, 0.5) is 0 Å². The average molecular weight is 306 g/mol. The second kappa shape index (κ2) is 5.88. The van der Waals surface area contributed by atoms with Crippen LogP contribution in [0.25, 0.3) is 0 Å². The van der Waals surface area contributed by atoms with Gasteiger partial charge in [-0.1, -0.05) is 6.92 Å². The molecule has 2 fully saturated rings. The summed E-state index contributed by atoms with van der Waals surface area (Å²) in [6.07, 6.45) is 1.68. The molecule has 0 saturated carbocycles. The number of hydrogen-bond acceptors (Lipinski definition) is 4. The highest BCUT2D eigenvalue weighted by Gasteiger charge is 2.45. The standard InChI is InChI=1S/C13H26N2O4S/c1-11-8-15(10-13(11,2)16)20(17,18)14-6-4-12(5-7-14)9-19-3/h11-12,16H,4-10H2,1-3H3/t11-,13+/m1/s1. The van der Waals surface area contributed by atoms with E-state index in [0.29, 0.717) is 32.2 Å². The molecule has 2 aliphatic heterocycles. The summed E-state index contributed by atoms with van der Waals surface area (Å²) in [6.45, 7) is 5.97. The van der Waals surface area contributed by atoms with E-state index >= 15 is 0 Å². The molecule has 7 heteroatoms. The van der Waals surface area contributed by atoms with Crippen molar-refractivity contribution in [3.8, 4) is 0 Å². The van der Waals surface area contributed by atoms with Crippen LogP contribution in [-0.4, -0.2) is 67.6 Å². The third-order valence-electron chi connectivity index (χ3n) is 4.66. The summed E-state index contributed by atoms with van der Waals surface area (Å²) >= 11 is 0. The predicted molar refractivity (Wildman–Crippen MR) is 76.5 cm³/mol. The van der Waals surface area contributed by atoms with Crippen LogP contribution in [0.5, 0.6) is 0 Å². The fourth-order valence-corrected chi connectivity index (χ4v) is 4.80. The fraction of sp³-hybridized carbons (Fsp3) is 1.00. The Kier molecular flexibility index (Phi) is 4.76. The van der Waals surface area contributed by atoms with Gasteiger partial charge in [0.05, 0.1) is 5.60 Å². The summed E-state index contributed by atoms with van der Waals surface area (Å²) in [5.41, 5.74) is -0.929. The van der Waals surface area contributed by atoms with Gasteiger partial charge in [0, 0.05) is 39.9 Å². The van der Waals surface area contributed by atoms with Crippen molar-refractivity contribution >= 4 is 10.2 Å². The van der Waals surface area contributed by atoms with E-state index in [9.17, 15) is 13.5 Å². The first-order valence-electron chi connectivity index (χ1n) is 7.24. The van der Waals surface area contributed by atoms with E-state index < -0.39 is 15.8 Å². The maximum atomic E-state index is 12.6. The van der Waals surface area contributed by atoms with Crippen LogP contribution in [0.3, 0.4) is 0 Å². The van der Waals surface area contributed by atoms with E-state index in [1.807, 2.05) is 6.92 Å². The quantitative estimate of drug-likeness (QED) is 0.810. The van der Waals surface area contributed by atoms with Gasteiger partial charge in [-0.3, -0.25) is 0 Å². The number of nitrogens with zero attached hydrogens (tertiary/aromatic N) is 2. The predicted octanol–water partition coefficient (Wildman–Crippen LogP) is 0.292. The van der Waals surface area contributed by atoms with Crippen LogP contribution < -0.4 is 0 Å². The second-order valence-electron chi connectivity index (χ2n) is 6.36. The molecule has 0 aromatic carbocycles. The highest BCUT2D eigenvalue weighted by molar-refractivity contribution is 7.86. The van der Waals surface area contributed by atoms with Crippen molar-refractivity contribution in [3.05, 3.63) is 0 Å². The molecule has 0 spiro atoms. The highest BCUT2D eigenvalue weighted by atomic mass is 32.2. The smallest absolute Gasteiger partial charge is 0.282 e. The monoisotopic (exact) mass is 306 g/mol. The Morgan fingerprint density at radius 3 is 2.35 bits per heavy atom. The number of methoxy groups -OCH3 is 1. The van der Waals surface area contributed by atoms with E-state index in [2.05, 4.69) is 0 Å². The summed E-state index contributed by atoms with van der Waals surface area (Å²) in [4.78, 5) is 0. The first-order valence-corrected chi connectivity index (χ1v) is 8.63. The summed E-state index contributed by atoms with van der Waals surface area (Å²) in [7, 11) is -1.76. The van der Waals surface area contributed by atoms with Crippen LogP contribution >= 0.6 is 0 Å². The number of ether oxygens (including phenoxy) is 1. The van der Waals surface area contributed by atoms with Crippen molar-refractivity contribution in [1.29, 1.82) is 0 Å². The van der Waals surface area contributed by atoms with Crippen molar-refractivity contribution in [2.45, 2.75) is 32.3 Å². The topological polar surface area (TPSA) is 70.1 Å². The molecule has 2 saturated heterocycles. The zero-order chi connectivity index (χ0) is 15.0. The van der Waals surface area contributed by atoms with Crippen LogP contribution in [0.2, 0.25) is 0 Å². The lowest BCUT2D eigenvalue weighted by Crippen LogP contribution is -2.47. The Balaban J connectivity index is 1.99. The average Bonchev–Trinajstić information content (AvgIpc) is 2.66. The lowest BCUT2D eigenvalue weighted by atomic mass is 9.95. The van der Waals surface area contributed by atoms with Crippen LogP contribution in [0.15, 0.2) is 0 Å². The zero-order valence-electron chi connectivity index (χ0n) is 12.6. The molecule has 2 atom stereocenters. The summed E-state index contributed by atoms with van der Waals surface area (Å²) in [6, 6.07) is 0. The number of hydrogen-bond donors (Lipinski definition) is 1. The molecule has 20 heavy (non-hydrogen) atoms. The van der Waals surface area contributed by atoms with E-state index in [4.69, 9.17) is 4.74 Å². The minimum Gasteiger partial charge on any atom is -0.388 e. The second-order valence-corrected chi connectivity index (χ2v) is 8.28. The van der Waals surface area contributed by atoms with Crippen molar-refractivity contribution in [3.63, 3.8) is 0 Å². The van der Waals surface area contributed by atoms with Crippen molar-refractivity contribution in [2.75, 3.05) is 39.9 Å². The number of β-amino-alcohol motifs (C(OH)–C–C–N with tert-alkyl or cyclic N) is 1. The Morgan fingerprint density at radius 2 is 1.90 bits per heavy atom. The van der Waals surface area contributed by atoms with Crippen LogP contribution in [0.1, 0.15) is 26.7 Å². The minimum atomic E-state index is -3.44. The largest absolute Gasteiger partial charge is 0.388 e. The maximum absolute atomic E-state index is 12.6. The van der Waals surface area contributed by atoms with Gasteiger partial charge in [0.25, 0.3) is 10.2 Å². The van der Waals surface area contributed by atoms with E-state index in [-0.39, 0.29) is 12.5 Å². The van der Waals surface area contributed by atoms with E-state index in [1.54, 1.807) is 18.3 Å². The summed E-state index contributed by atoms with van der Waals surface area (Å²) in [5.74, 6) is 0.412. The lowest BCUT2D eigenvalue weighted by Gasteiger charge is -2.33. The molecule has 2 heterocycles. The van der Waals surface area contributed by atoms with Gasteiger partial charge in [-0.2, -0.15) is 17.0 Å². The molecule has 2 rings (SSSR count). The van der Waals surface area contributed by atoms with Crippen LogP contribution in [0, 0.1) is 11.8 Å². The molecule has 0 unspecified atom stereocenters. The molecule has 0 aromatic rings. The Morgan fingerprint density at radius 1 is 1.30 bits per heavy atom. The van der Waals surface area contributed by atoms with E-state index in [0.717, 1.165) is 12.8 Å². The van der Waals surface area contributed by atoms with Crippen LogP contribution in [-0.2, 0) is 14.9 Å². The van der Waals surface area contributed by atoms with Gasteiger partial charge in [-0.25, -0.2) is 0 Å². The first kappa shape index (κ1) is 16.2. The van der Waals surface area contributed by atoms with Gasteiger partial charge >= 0.3 is 0 Å². The Hall–Kier alpha value is -0.210. The molecule has 0 aromatic heterocycles. The Labute approximate surface area is 121 Å². The van der Waals surface area contributed by atoms with Gasteiger partial charge in [-0.15, -0.1) is 0 Å². The number of aliphatic hydroxyl groups is 1. The third-order valence-corrected chi connectivity index (χ3v) is 6.61. The van der Waals surface area contributed by atoms with Crippen molar-refractivity contribution < 1.29 is 18.3 Å². The minimum absolute atomic E-state index is 0.0386. The zero-order valence-corrected chi connectivity index (χ0v) is 13.4. The molecule has 0 aliphatic carbocycles. The molecular formula is C13H26N2O4S. The van der Waals surface area contributed by atoms with Gasteiger partial charge in [0.2, 0.25) is 0 Å². The molecule has 118 valence electrons. The van der Waals surface area contributed by atoms with Gasteiger partial charge in [0.1, 0.15) is 0 Å². The number of rotatable bonds is 4. The molecule has 6 nitrogen and oxygen atoms in total. The first-order chi connectivity index (χ1) is 9.27. The maximum Gasteiger partial charge on any atom is 0.282 e. The Bertz CT molecular complexity index is 430. The summed E-state index contributed by atoms with van der Waals surface area (Å²) in [5, 5.41) is 10.2. The van der Waals surface area contributed by atoms with Gasteiger partial charge in [-0.05, 0) is 31.6 Å². The fourth-order valence-electron chi connectivity index (χ4n) is 2.96. The number of piperidine rings is 1. The van der Waals surface area contributed by atoms with Gasteiger partial charge in [0.15, 0.2) is 0 Å². The molecule has 0 amide bonds. The third kappa shape index (κ3) is 3.17. The highest BCUT2D eigenvalue weighted by Crippen LogP contribution is 2.31. The lowest BCUT2D eigenvalue weighted by molar-refractivity contribution is 0.0401. The molecule has 0 bridgehead atoms. The van der Waals surface area contributed by atoms with Gasteiger partial charge < -0.3 is 9.84 Å². The summed E-state index contributed by atoms with van der Waals surface area (Å²) < 4.78 is 33.3.